The van der Waals surface area contributed by atoms with Crippen LogP contribution >= 0.6 is 0 Å². The molecular weight excluding hydrogens is 601 g/mol. The molecule has 9 heteroatoms. The number of amides is 2. The van der Waals surface area contributed by atoms with Crippen molar-refractivity contribution in [1.29, 1.82) is 0 Å². The fourth-order valence-corrected chi connectivity index (χ4v) is 7.28. The number of hydrogen-bond donors (Lipinski definition) is 1. The number of nitrogens with zero attached hydrogens (tertiary/aromatic N) is 2. The number of halogens is 1. The lowest BCUT2D eigenvalue weighted by molar-refractivity contribution is -0.140. The van der Waals surface area contributed by atoms with Crippen molar-refractivity contribution in [2.75, 3.05) is 10.8 Å². The standard InChI is InChI=1S/C37H40FN3O4S/c1-27-16-22-34(23-17-27)46(44,45)41(33-20-18-31(38)19-21-33)26-36(42)40(25-30-13-7-6-10-28(30)2)35(24-29-11-4-3-5-12-29)37(43)39-32-14-8-9-15-32/h3-7,10-13,16-23,32,35H,8-9,14-15,24-26H2,1-2H3,(H,39,43). The van der Waals surface area contributed by atoms with Crippen LogP contribution in [0.25, 0.3) is 0 Å². The minimum absolute atomic E-state index is 0.000454. The van der Waals surface area contributed by atoms with Gasteiger partial charge in [0.05, 0.1) is 10.6 Å². The van der Waals surface area contributed by atoms with Crippen molar-refractivity contribution in [1.82, 2.24) is 10.2 Å². The molecular formula is C37H40FN3O4S. The summed E-state index contributed by atoms with van der Waals surface area (Å²) < 4.78 is 43.2. The molecule has 1 fully saturated rings. The zero-order chi connectivity index (χ0) is 32.7. The third-order valence-corrected chi connectivity index (χ3v) is 10.4. The second kappa shape index (κ2) is 14.7. The largest absolute Gasteiger partial charge is 0.352 e. The molecule has 0 heterocycles. The Morgan fingerprint density at radius 3 is 2.13 bits per heavy atom. The molecule has 1 N–H and O–H groups in total. The quantitative estimate of drug-likeness (QED) is 0.196. The highest BCUT2D eigenvalue weighted by molar-refractivity contribution is 7.92. The van der Waals surface area contributed by atoms with E-state index in [-0.39, 0.29) is 35.5 Å². The van der Waals surface area contributed by atoms with Gasteiger partial charge in [0.15, 0.2) is 0 Å². The van der Waals surface area contributed by atoms with Gasteiger partial charge in [-0.3, -0.25) is 13.9 Å². The first kappa shape index (κ1) is 32.9. The molecule has 5 rings (SSSR count). The van der Waals surface area contributed by atoms with Gasteiger partial charge < -0.3 is 10.2 Å². The summed E-state index contributed by atoms with van der Waals surface area (Å²) in [5.41, 5.74) is 3.68. The average Bonchev–Trinajstić information content (AvgIpc) is 3.56. The van der Waals surface area contributed by atoms with E-state index in [0.717, 1.165) is 64.4 Å². The number of benzene rings is 4. The zero-order valence-electron chi connectivity index (χ0n) is 26.2. The third kappa shape index (κ3) is 8.01. The van der Waals surface area contributed by atoms with Crippen LogP contribution in [0.1, 0.15) is 47.9 Å². The monoisotopic (exact) mass is 641 g/mol. The van der Waals surface area contributed by atoms with Crippen molar-refractivity contribution in [2.24, 2.45) is 0 Å². The van der Waals surface area contributed by atoms with Crippen molar-refractivity contribution in [3.8, 4) is 0 Å². The second-order valence-corrected chi connectivity index (χ2v) is 13.8. The fraction of sp³-hybridized carbons (Fsp3) is 0.297. The fourth-order valence-electron chi connectivity index (χ4n) is 5.87. The number of carbonyl (C=O) groups is 2. The molecule has 1 aliphatic carbocycles. The molecule has 4 aromatic rings. The van der Waals surface area contributed by atoms with Crippen LogP contribution in [0.3, 0.4) is 0 Å². The second-order valence-electron chi connectivity index (χ2n) is 11.9. The van der Waals surface area contributed by atoms with Crippen LogP contribution in [0.4, 0.5) is 10.1 Å². The first-order valence-electron chi connectivity index (χ1n) is 15.6. The minimum Gasteiger partial charge on any atom is -0.352 e. The topological polar surface area (TPSA) is 86.8 Å². The summed E-state index contributed by atoms with van der Waals surface area (Å²) in [6, 6.07) is 27.6. The van der Waals surface area contributed by atoms with Crippen LogP contribution in [0, 0.1) is 19.7 Å². The zero-order valence-corrected chi connectivity index (χ0v) is 27.0. The summed E-state index contributed by atoms with van der Waals surface area (Å²) in [6.45, 7) is 3.30. The van der Waals surface area contributed by atoms with Crippen LogP contribution in [0.15, 0.2) is 108 Å². The molecule has 0 radical (unpaired) electrons. The summed E-state index contributed by atoms with van der Waals surface area (Å²) in [5, 5.41) is 3.18. The molecule has 7 nitrogen and oxygen atoms in total. The van der Waals surface area contributed by atoms with Crippen molar-refractivity contribution < 1.29 is 22.4 Å². The number of aryl methyl sites for hydroxylation is 2. The van der Waals surface area contributed by atoms with E-state index in [0.29, 0.717) is 0 Å². The Morgan fingerprint density at radius 1 is 0.848 bits per heavy atom. The summed E-state index contributed by atoms with van der Waals surface area (Å²) in [5.74, 6) is -1.35. The van der Waals surface area contributed by atoms with Gasteiger partial charge in [-0.1, -0.05) is 85.1 Å². The number of nitrogens with one attached hydrogen (secondary N) is 1. The highest BCUT2D eigenvalue weighted by Crippen LogP contribution is 2.26. The van der Waals surface area contributed by atoms with Gasteiger partial charge in [-0.25, -0.2) is 12.8 Å². The molecule has 0 spiro atoms. The van der Waals surface area contributed by atoms with E-state index in [4.69, 9.17) is 0 Å². The van der Waals surface area contributed by atoms with Gasteiger partial charge >= 0.3 is 0 Å². The number of carbonyl (C=O) groups excluding carboxylic acids is 2. The van der Waals surface area contributed by atoms with E-state index >= 15 is 0 Å². The SMILES string of the molecule is Cc1ccc(S(=O)(=O)N(CC(=O)N(Cc2ccccc2C)C(Cc2ccccc2)C(=O)NC2CCCC2)c2ccc(F)cc2)cc1. The summed E-state index contributed by atoms with van der Waals surface area (Å²) >= 11 is 0. The number of hydrogen-bond acceptors (Lipinski definition) is 4. The lowest BCUT2D eigenvalue weighted by Gasteiger charge is -2.34. The van der Waals surface area contributed by atoms with Crippen molar-refractivity contribution in [2.45, 2.75) is 69.5 Å². The highest BCUT2D eigenvalue weighted by atomic mass is 32.2. The van der Waals surface area contributed by atoms with E-state index in [1.54, 1.807) is 12.1 Å². The van der Waals surface area contributed by atoms with Crippen LogP contribution in [0.5, 0.6) is 0 Å². The molecule has 1 aliphatic rings. The predicted octanol–water partition coefficient (Wildman–Crippen LogP) is 6.34. The smallest absolute Gasteiger partial charge is 0.264 e. The van der Waals surface area contributed by atoms with Gasteiger partial charge in [0.1, 0.15) is 18.4 Å². The lowest BCUT2D eigenvalue weighted by atomic mass is 10.0. The van der Waals surface area contributed by atoms with Crippen LogP contribution in [-0.2, 0) is 32.6 Å². The van der Waals surface area contributed by atoms with E-state index in [1.807, 2.05) is 68.4 Å². The van der Waals surface area contributed by atoms with Crippen LogP contribution < -0.4 is 9.62 Å². The van der Waals surface area contributed by atoms with Crippen LogP contribution in [0.2, 0.25) is 0 Å². The van der Waals surface area contributed by atoms with Crippen LogP contribution in [-0.4, -0.2) is 43.8 Å². The maximum Gasteiger partial charge on any atom is 0.264 e. The molecule has 0 aliphatic heterocycles. The number of sulfonamides is 1. The Bertz CT molecular complexity index is 1740. The third-order valence-electron chi connectivity index (χ3n) is 8.58. The predicted molar refractivity (Wildman–Crippen MR) is 178 cm³/mol. The van der Waals surface area contributed by atoms with Gasteiger partial charge in [0.25, 0.3) is 10.0 Å². The maximum absolute atomic E-state index is 14.6. The Labute approximate surface area is 271 Å². The van der Waals surface area contributed by atoms with E-state index in [1.165, 1.54) is 29.2 Å². The Kier molecular flexibility index (Phi) is 10.5. The highest BCUT2D eigenvalue weighted by Gasteiger charge is 2.35. The number of rotatable bonds is 12. The Hall–Kier alpha value is -4.50. The van der Waals surface area contributed by atoms with E-state index < -0.39 is 34.3 Å². The van der Waals surface area contributed by atoms with E-state index in [9.17, 15) is 22.4 Å². The van der Waals surface area contributed by atoms with Gasteiger partial charge in [0, 0.05) is 19.0 Å². The molecule has 2 amide bonds. The molecule has 1 saturated carbocycles. The van der Waals surface area contributed by atoms with Crippen molar-refractivity contribution in [3.63, 3.8) is 0 Å². The molecule has 46 heavy (non-hydrogen) atoms. The summed E-state index contributed by atoms with van der Waals surface area (Å²) in [4.78, 5) is 30.2. The summed E-state index contributed by atoms with van der Waals surface area (Å²) in [6.07, 6.45) is 4.07. The lowest BCUT2D eigenvalue weighted by Crippen LogP contribution is -2.54. The van der Waals surface area contributed by atoms with Crippen molar-refractivity contribution in [3.05, 3.63) is 131 Å². The first-order chi connectivity index (χ1) is 22.1. The Morgan fingerprint density at radius 2 is 1.48 bits per heavy atom. The van der Waals surface area contributed by atoms with Gasteiger partial charge in [-0.15, -0.1) is 0 Å². The molecule has 0 saturated heterocycles. The minimum atomic E-state index is -4.25. The van der Waals surface area contributed by atoms with Gasteiger partial charge in [-0.2, -0.15) is 0 Å². The molecule has 1 atom stereocenters. The van der Waals surface area contributed by atoms with Gasteiger partial charge in [-0.05, 0) is 79.8 Å². The molecule has 4 aromatic carbocycles. The average molecular weight is 642 g/mol. The first-order valence-corrected chi connectivity index (χ1v) is 17.1. The molecule has 1 unspecified atom stereocenters. The molecule has 0 bridgehead atoms. The Balaban J connectivity index is 1.57. The maximum atomic E-state index is 14.6. The number of anilines is 1. The molecule has 0 aromatic heterocycles. The normalized spacial score (nSPS) is 14.1. The van der Waals surface area contributed by atoms with Crippen molar-refractivity contribution >= 4 is 27.5 Å². The van der Waals surface area contributed by atoms with Gasteiger partial charge in [0.2, 0.25) is 11.8 Å². The molecule has 240 valence electrons. The van der Waals surface area contributed by atoms with E-state index in [2.05, 4.69) is 5.32 Å². The summed E-state index contributed by atoms with van der Waals surface area (Å²) in [7, 11) is -4.25.